The maximum Gasteiger partial charge on any atom is 0.223 e. The molecule has 0 aromatic heterocycles. The molecule has 20 heavy (non-hydrogen) atoms. The lowest BCUT2D eigenvalue weighted by atomic mass is 10.2. The highest BCUT2D eigenvalue weighted by atomic mass is 16.5. The number of morpholine rings is 1. The van der Waals surface area contributed by atoms with Gasteiger partial charge in [-0.2, -0.15) is 0 Å². The number of carbonyl (C=O) groups is 2. The van der Waals surface area contributed by atoms with Crippen molar-refractivity contribution in [2.24, 2.45) is 0 Å². The minimum Gasteiger partial charge on any atom is -0.383 e. The van der Waals surface area contributed by atoms with E-state index in [-0.39, 0.29) is 24.7 Å². The number of hydrogen-bond acceptors (Lipinski definition) is 5. The Bertz CT molecular complexity index is 293. The molecule has 0 saturated carbocycles. The highest BCUT2D eigenvalue weighted by Gasteiger charge is 2.17. The number of ether oxygens (including phenoxy) is 2. The summed E-state index contributed by atoms with van der Waals surface area (Å²) in [6.45, 7) is 5.12. The SMILES string of the molecule is COCCNCCNC(=O)CCC(=O)N1CCOCC1. The zero-order valence-corrected chi connectivity index (χ0v) is 12.2. The van der Waals surface area contributed by atoms with Crippen LogP contribution in [0.1, 0.15) is 12.8 Å². The van der Waals surface area contributed by atoms with Crippen LogP contribution in [0, 0.1) is 0 Å². The summed E-state index contributed by atoms with van der Waals surface area (Å²) in [5, 5.41) is 5.91. The minimum absolute atomic E-state index is 0.0293. The minimum atomic E-state index is -0.0832. The quantitative estimate of drug-likeness (QED) is 0.531. The Kier molecular flexibility index (Phi) is 8.93. The molecule has 0 aliphatic carbocycles. The summed E-state index contributed by atoms with van der Waals surface area (Å²) in [6, 6.07) is 0. The van der Waals surface area contributed by atoms with Gasteiger partial charge in [0, 0.05) is 52.7 Å². The predicted molar refractivity (Wildman–Crippen MR) is 74.4 cm³/mol. The molecule has 1 aliphatic heterocycles. The maximum atomic E-state index is 11.8. The molecule has 0 aromatic rings. The van der Waals surface area contributed by atoms with Crippen molar-refractivity contribution in [2.45, 2.75) is 12.8 Å². The number of nitrogens with zero attached hydrogens (tertiary/aromatic N) is 1. The fraction of sp³-hybridized carbons (Fsp3) is 0.846. The molecule has 2 amide bonds. The molecule has 0 spiro atoms. The highest BCUT2D eigenvalue weighted by Crippen LogP contribution is 2.02. The lowest BCUT2D eigenvalue weighted by Crippen LogP contribution is -2.41. The second-order valence-electron chi connectivity index (χ2n) is 4.59. The van der Waals surface area contributed by atoms with Gasteiger partial charge in [0.25, 0.3) is 0 Å². The third kappa shape index (κ3) is 7.42. The molecule has 1 fully saturated rings. The van der Waals surface area contributed by atoms with E-state index in [1.807, 2.05) is 0 Å². The second kappa shape index (κ2) is 10.6. The normalized spacial score (nSPS) is 15.2. The third-order valence-corrected chi connectivity index (χ3v) is 3.04. The summed E-state index contributed by atoms with van der Waals surface area (Å²) in [5.41, 5.74) is 0. The monoisotopic (exact) mass is 287 g/mol. The van der Waals surface area contributed by atoms with Gasteiger partial charge in [0.05, 0.1) is 19.8 Å². The molecule has 7 heteroatoms. The van der Waals surface area contributed by atoms with Crippen molar-refractivity contribution in [2.75, 3.05) is 59.7 Å². The number of rotatable bonds is 9. The number of amides is 2. The summed E-state index contributed by atoms with van der Waals surface area (Å²) < 4.78 is 10.1. The summed E-state index contributed by atoms with van der Waals surface area (Å²) in [7, 11) is 1.65. The number of hydrogen-bond donors (Lipinski definition) is 2. The van der Waals surface area contributed by atoms with Crippen molar-refractivity contribution in [1.82, 2.24) is 15.5 Å². The number of methoxy groups -OCH3 is 1. The van der Waals surface area contributed by atoms with Crippen molar-refractivity contribution < 1.29 is 19.1 Å². The standard InChI is InChI=1S/C13H25N3O4/c1-19-9-6-14-4-5-15-12(17)2-3-13(18)16-7-10-20-11-8-16/h14H,2-11H2,1H3,(H,15,17). The van der Waals surface area contributed by atoms with Crippen LogP contribution in [-0.2, 0) is 19.1 Å². The fourth-order valence-electron chi connectivity index (χ4n) is 1.87. The van der Waals surface area contributed by atoms with Crippen LogP contribution in [0.4, 0.5) is 0 Å². The van der Waals surface area contributed by atoms with Crippen molar-refractivity contribution in [3.8, 4) is 0 Å². The second-order valence-corrected chi connectivity index (χ2v) is 4.59. The van der Waals surface area contributed by atoms with E-state index in [1.54, 1.807) is 12.0 Å². The van der Waals surface area contributed by atoms with Gasteiger partial charge in [-0.3, -0.25) is 9.59 Å². The summed E-state index contributed by atoms with van der Waals surface area (Å²) in [5.74, 6) is -0.0539. The summed E-state index contributed by atoms with van der Waals surface area (Å²) >= 11 is 0. The molecule has 2 N–H and O–H groups in total. The van der Waals surface area contributed by atoms with Crippen molar-refractivity contribution in [3.63, 3.8) is 0 Å². The van der Waals surface area contributed by atoms with E-state index in [0.717, 1.165) is 6.54 Å². The molecular weight excluding hydrogens is 262 g/mol. The molecule has 1 rings (SSSR count). The summed E-state index contributed by atoms with van der Waals surface area (Å²) in [4.78, 5) is 25.1. The van der Waals surface area contributed by atoms with Gasteiger partial charge in [-0.05, 0) is 0 Å². The number of nitrogens with one attached hydrogen (secondary N) is 2. The fourth-order valence-corrected chi connectivity index (χ4v) is 1.87. The lowest BCUT2D eigenvalue weighted by molar-refractivity contribution is -0.137. The topological polar surface area (TPSA) is 79.9 Å². The molecule has 1 heterocycles. The average Bonchev–Trinajstić information content (AvgIpc) is 2.49. The van der Waals surface area contributed by atoms with E-state index in [4.69, 9.17) is 9.47 Å². The van der Waals surface area contributed by atoms with Gasteiger partial charge in [-0.15, -0.1) is 0 Å². The van der Waals surface area contributed by atoms with Crippen LogP contribution in [0.25, 0.3) is 0 Å². The largest absolute Gasteiger partial charge is 0.383 e. The molecule has 0 radical (unpaired) electrons. The zero-order valence-electron chi connectivity index (χ0n) is 12.2. The van der Waals surface area contributed by atoms with E-state index in [2.05, 4.69) is 10.6 Å². The first-order valence-electron chi connectivity index (χ1n) is 7.06. The van der Waals surface area contributed by atoms with Crippen molar-refractivity contribution in [1.29, 1.82) is 0 Å². The van der Waals surface area contributed by atoms with Crippen LogP contribution in [0.2, 0.25) is 0 Å². The van der Waals surface area contributed by atoms with Crippen molar-refractivity contribution >= 4 is 11.8 Å². The molecular formula is C13H25N3O4. The highest BCUT2D eigenvalue weighted by molar-refractivity contribution is 5.83. The van der Waals surface area contributed by atoms with E-state index in [9.17, 15) is 9.59 Å². The van der Waals surface area contributed by atoms with E-state index in [1.165, 1.54) is 0 Å². The molecule has 0 atom stereocenters. The Morgan fingerprint density at radius 1 is 1.15 bits per heavy atom. The van der Waals surface area contributed by atoms with Crippen LogP contribution in [0.3, 0.4) is 0 Å². The molecule has 0 bridgehead atoms. The molecule has 0 unspecified atom stereocenters. The Morgan fingerprint density at radius 3 is 2.60 bits per heavy atom. The van der Waals surface area contributed by atoms with Gasteiger partial charge in [0.1, 0.15) is 0 Å². The van der Waals surface area contributed by atoms with E-state index < -0.39 is 0 Å². The van der Waals surface area contributed by atoms with Gasteiger partial charge in [-0.25, -0.2) is 0 Å². The van der Waals surface area contributed by atoms with Crippen LogP contribution in [-0.4, -0.2) is 76.4 Å². The van der Waals surface area contributed by atoms with Gasteiger partial charge in [0.15, 0.2) is 0 Å². The molecule has 116 valence electrons. The van der Waals surface area contributed by atoms with Gasteiger partial charge >= 0.3 is 0 Å². The van der Waals surface area contributed by atoms with Crippen LogP contribution in [0.5, 0.6) is 0 Å². The Labute approximate surface area is 120 Å². The molecule has 7 nitrogen and oxygen atoms in total. The van der Waals surface area contributed by atoms with Crippen LogP contribution in [0.15, 0.2) is 0 Å². The van der Waals surface area contributed by atoms with E-state index >= 15 is 0 Å². The zero-order chi connectivity index (χ0) is 14.6. The van der Waals surface area contributed by atoms with Crippen LogP contribution >= 0.6 is 0 Å². The van der Waals surface area contributed by atoms with Crippen molar-refractivity contribution in [3.05, 3.63) is 0 Å². The average molecular weight is 287 g/mol. The van der Waals surface area contributed by atoms with Gasteiger partial charge in [-0.1, -0.05) is 0 Å². The maximum absolute atomic E-state index is 11.8. The first-order valence-corrected chi connectivity index (χ1v) is 7.06. The molecule has 1 aliphatic rings. The van der Waals surface area contributed by atoms with Gasteiger partial charge < -0.3 is 25.0 Å². The van der Waals surface area contributed by atoms with E-state index in [0.29, 0.717) is 46.0 Å². The lowest BCUT2D eigenvalue weighted by Gasteiger charge is -2.26. The Balaban J connectivity index is 2.00. The first kappa shape index (κ1) is 16.9. The predicted octanol–water partition coefficient (Wildman–Crippen LogP) is -1.02. The molecule has 0 aromatic carbocycles. The Morgan fingerprint density at radius 2 is 1.90 bits per heavy atom. The smallest absolute Gasteiger partial charge is 0.223 e. The molecule has 1 saturated heterocycles. The third-order valence-electron chi connectivity index (χ3n) is 3.04. The Hall–Kier alpha value is -1.18. The summed E-state index contributed by atoms with van der Waals surface area (Å²) in [6.07, 6.45) is 0.511. The van der Waals surface area contributed by atoms with Crippen LogP contribution < -0.4 is 10.6 Å². The number of carbonyl (C=O) groups excluding carboxylic acids is 2. The first-order chi connectivity index (χ1) is 9.74. The van der Waals surface area contributed by atoms with Gasteiger partial charge in [0.2, 0.25) is 11.8 Å².